The number of rotatable bonds is 4. The second-order valence-electron chi connectivity index (χ2n) is 5.15. The van der Waals surface area contributed by atoms with Gasteiger partial charge >= 0.3 is 5.97 Å². The first-order valence-corrected chi connectivity index (χ1v) is 7.38. The van der Waals surface area contributed by atoms with Crippen LogP contribution >= 0.6 is 0 Å². The molecule has 3 rings (SSSR count). The zero-order valence-corrected chi connectivity index (χ0v) is 13.3. The Bertz CT molecular complexity index is 1010. The molecule has 0 aliphatic carbocycles. The Labute approximate surface area is 139 Å². The summed E-state index contributed by atoms with van der Waals surface area (Å²) in [6, 6.07) is 1.99. The van der Waals surface area contributed by atoms with Crippen LogP contribution in [-0.4, -0.2) is 37.1 Å². The number of carbonyl (C=O) groups excluding carboxylic acids is 1. The molecule has 3 aromatic rings. The van der Waals surface area contributed by atoms with E-state index < -0.39 is 29.2 Å². The minimum Gasteiger partial charge on any atom is -0.464 e. The van der Waals surface area contributed by atoms with Crippen molar-refractivity contribution in [3.63, 3.8) is 0 Å². The van der Waals surface area contributed by atoms with Crippen molar-refractivity contribution in [3.05, 3.63) is 46.5 Å². The first-order valence-electron chi connectivity index (χ1n) is 7.38. The number of hydrogen-bond donors (Lipinski definition) is 0. The average molecular weight is 349 g/mol. The van der Waals surface area contributed by atoms with Crippen LogP contribution in [0.4, 0.5) is 8.78 Å². The van der Waals surface area contributed by atoms with Crippen LogP contribution < -0.4 is 5.56 Å². The Morgan fingerprint density at radius 1 is 1.36 bits per heavy atom. The standard InChI is InChI=1S/C15H13F2N5O3/c1-3-25-15(24)8(2)21-7-18-13-12(14(21)23)19-20-22(13)11-5-4-9(16)6-10(11)17/h4-8H,3H2,1-2H3/t8-/m0/s1. The van der Waals surface area contributed by atoms with Crippen LogP contribution in [-0.2, 0) is 9.53 Å². The van der Waals surface area contributed by atoms with Gasteiger partial charge in [0, 0.05) is 6.07 Å². The molecule has 0 N–H and O–H groups in total. The predicted molar refractivity (Wildman–Crippen MR) is 82.2 cm³/mol. The van der Waals surface area contributed by atoms with E-state index in [0.29, 0.717) is 6.07 Å². The van der Waals surface area contributed by atoms with Crippen molar-refractivity contribution in [2.45, 2.75) is 19.9 Å². The number of aromatic nitrogens is 5. The fourth-order valence-electron chi connectivity index (χ4n) is 2.29. The van der Waals surface area contributed by atoms with Crippen LogP contribution in [0.25, 0.3) is 16.9 Å². The number of benzene rings is 1. The number of halogens is 2. The van der Waals surface area contributed by atoms with Crippen molar-refractivity contribution in [1.29, 1.82) is 0 Å². The Balaban J connectivity index is 2.11. The summed E-state index contributed by atoms with van der Waals surface area (Å²) in [5, 5.41) is 7.42. The van der Waals surface area contributed by atoms with E-state index in [1.807, 2.05) is 0 Å². The van der Waals surface area contributed by atoms with Gasteiger partial charge in [0.15, 0.2) is 17.0 Å². The van der Waals surface area contributed by atoms with Crippen molar-refractivity contribution in [3.8, 4) is 5.69 Å². The quantitative estimate of drug-likeness (QED) is 0.661. The zero-order valence-electron chi connectivity index (χ0n) is 13.3. The minimum atomic E-state index is -0.906. The zero-order chi connectivity index (χ0) is 18.1. The van der Waals surface area contributed by atoms with Crippen LogP contribution in [0.3, 0.4) is 0 Å². The fourth-order valence-corrected chi connectivity index (χ4v) is 2.29. The molecule has 0 unspecified atom stereocenters. The van der Waals surface area contributed by atoms with Crippen LogP contribution in [0, 0.1) is 11.6 Å². The van der Waals surface area contributed by atoms with Crippen molar-refractivity contribution >= 4 is 17.1 Å². The Kier molecular flexibility index (Phi) is 4.26. The first-order chi connectivity index (χ1) is 11.9. The lowest BCUT2D eigenvalue weighted by molar-refractivity contribution is -0.146. The van der Waals surface area contributed by atoms with E-state index in [0.717, 1.165) is 27.7 Å². The molecular formula is C15H13F2N5O3. The third-order valence-electron chi connectivity index (χ3n) is 3.57. The van der Waals surface area contributed by atoms with E-state index in [1.54, 1.807) is 6.92 Å². The highest BCUT2D eigenvalue weighted by atomic mass is 19.1. The normalized spacial score (nSPS) is 12.3. The largest absolute Gasteiger partial charge is 0.464 e. The highest BCUT2D eigenvalue weighted by Crippen LogP contribution is 2.17. The van der Waals surface area contributed by atoms with E-state index in [4.69, 9.17) is 4.74 Å². The van der Waals surface area contributed by atoms with Gasteiger partial charge in [-0.15, -0.1) is 5.10 Å². The Hall–Kier alpha value is -3.17. The summed E-state index contributed by atoms with van der Waals surface area (Å²) in [5.74, 6) is -2.22. The summed E-state index contributed by atoms with van der Waals surface area (Å²) < 4.78 is 33.9. The average Bonchev–Trinajstić information content (AvgIpc) is 2.99. The monoisotopic (exact) mass is 349 g/mol. The van der Waals surface area contributed by atoms with Crippen molar-refractivity contribution in [1.82, 2.24) is 24.5 Å². The lowest BCUT2D eigenvalue weighted by atomic mass is 10.3. The molecule has 10 heteroatoms. The molecule has 0 aliphatic rings. The summed E-state index contributed by atoms with van der Waals surface area (Å²) >= 11 is 0. The molecule has 0 radical (unpaired) electrons. The minimum absolute atomic E-state index is 0.0113. The maximum Gasteiger partial charge on any atom is 0.328 e. The van der Waals surface area contributed by atoms with Gasteiger partial charge in [0.05, 0.1) is 6.61 Å². The molecule has 1 atom stereocenters. The molecule has 2 aromatic heterocycles. The van der Waals surface area contributed by atoms with Crippen molar-refractivity contribution < 1.29 is 18.3 Å². The van der Waals surface area contributed by atoms with Crippen LogP contribution in [0.1, 0.15) is 19.9 Å². The van der Waals surface area contributed by atoms with E-state index in [2.05, 4.69) is 15.3 Å². The second kappa shape index (κ2) is 6.38. The van der Waals surface area contributed by atoms with Crippen LogP contribution in [0.15, 0.2) is 29.3 Å². The Morgan fingerprint density at radius 3 is 2.80 bits per heavy atom. The molecule has 25 heavy (non-hydrogen) atoms. The molecule has 0 aliphatic heterocycles. The van der Waals surface area contributed by atoms with E-state index >= 15 is 0 Å². The smallest absolute Gasteiger partial charge is 0.328 e. The number of esters is 1. The molecule has 0 bridgehead atoms. The van der Waals surface area contributed by atoms with E-state index in [9.17, 15) is 18.4 Å². The molecule has 0 fully saturated rings. The van der Waals surface area contributed by atoms with Gasteiger partial charge in [-0.1, -0.05) is 5.21 Å². The molecular weight excluding hydrogens is 336 g/mol. The predicted octanol–water partition coefficient (Wildman–Crippen LogP) is 1.38. The molecule has 0 amide bonds. The number of carbonyl (C=O) groups is 1. The van der Waals surface area contributed by atoms with Gasteiger partial charge in [-0.25, -0.2) is 18.6 Å². The third-order valence-corrected chi connectivity index (χ3v) is 3.57. The summed E-state index contributed by atoms with van der Waals surface area (Å²) in [7, 11) is 0. The van der Waals surface area contributed by atoms with Gasteiger partial charge < -0.3 is 4.74 Å². The first kappa shape index (κ1) is 16.7. The number of nitrogens with zero attached hydrogens (tertiary/aromatic N) is 5. The summed E-state index contributed by atoms with van der Waals surface area (Å²) in [5.41, 5.74) is -0.892. The maximum atomic E-state index is 13.9. The third kappa shape index (κ3) is 2.86. The summed E-state index contributed by atoms with van der Waals surface area (Å²) in [4.78, 5) is 28.3. The highest BCUT2D eigenvalue weighted by Gasteiger charge is 2.22. The molecule has 130 valence electrons. The molecule has 0 spiro atoms. The Morgan fingerprint density at radius 2 is 2.12 bits per heavy atom. The number of fused-ring (bicyclic) bond motifs is 1. The molecule has 1 aromatic carbocycles. The van der Waals surface area contributed by atoms with Gasteiger partial charge in [0.25, 0.3) is 5.56 Å². The van der Waals surface area contributed by atoms with Gasteiger partial charge in [-0.3, -0.25) is 9.36 Å². The van der Waals surface area contributed by atoms with Crippen LogP contribution in [0.5, 0.6) is 0 Å². The maximum absolute atomic E-state index is 13.9. The number of hydrogen-bond acceptors (Lipinski definition) is 6. The van der Waals surface area contributed by atoms with Gasteiger partial charge in [-0.05, 0) is 26.0 Å². The topological polar surface area (TPSA) is 91.9 Å². The molecule has 0 saturated carbocycles. The molecule has 2 heterocycles. The van der Waals surface area contributed by atoms with E-state index in [1.165, 1.54) is 6.92 Å². The lowest BCUT2D eigenvalue weighted by Gasteiger charge is -2.12. The molecule has 0 saturated heterocycles. The van der Waals surface area contributed by atoms with Crippen molar-refractivity contribution in [2.75, 3.05) is 6.61 Å². The van der Waals surface area contributed by atoms with Crippen LogP contribution in [0.2, 0.25) is 0 Å². The van der Waals surface area contributed by atoms with Gasteiger partial charge in [0.1, 0.15) is 23.9 Å². The van der Waals surface area contributed by atoms with Crippen molar-refractivity contribution in [2.24, 2.45) is 0 Å². The summed E-state index contributed by atoms with van der Waals surface area (Å²) in [6.45, 7) is 3.31. The number of ether oxygens (including phenoxy) is 1. The van der Waals surface area contributed by atoms with Gasteiger partial charge in [0.2, 0.25) is 0 Å². The van der Waals surface area contributed by atoms with E-state index in [-0.39, 0.29) is 23.5 Å². The molecule has 8 nitrogen and oxygen atoms in total. The summed E-state index contributed by atoms with van der Waals surface area (Å²) in [6.07, 6.45) is 1.13. The van der Waals surface area contributed by atoms with Gasteiger partial charge in [-0.2, -0.15) is 4.68 Å². The second-order valence-corrected chi connectivity index (χ2v) is 5.15. The lowest BCUT2D eigenvalue weighted by Crippen LogP contribution is -2.29. The highest BCUT2D eigenvalue weighted by molar-refractivity contribution is 5.75. The fraction of sp³-hybridized carbons (Fsp3) is 0.267. The SMILES string of the molecule is CCOC(=O)[C@H](C)n1cnc2c(nnn2-c2ccc(F)cc2F)c1=O.